The van der Waals surface area contributed by atoms with Crippen molar-refractivity contribution < 1.29 is 9.53 Å². The van der Waals surface area contributed by atoms with Crippen molar-refractivity contribution in [3.63, 3.8) is 0 Å². The molecule has 1 aromatic carbocycles. The number of carbonyl (C=O) groups excluding carboxylic acids is 1. The molecule has 1 aliphatic heterocycles. The van der Waals surface area contributed by atoms with Crippen LogP contribution >= 0.6 is 0 Å². The molecule has 0 bridgehead atoms. The molecule has 2 heterocycles. The summed E-state index contributed by atoms with van der Waals surface area (Å²) in [5.74, 6) is 1.07. The number of para-hydroxylation sites is 1. The molecule has 0 spiro atoms. The molecule has 1 fully saturated rings. The summed E-state index contributed by atoms with van der Waals surface area (Å²) in [5.41, 5.74) is 1.01. The molecule has 0 aliphatic carbocycles. The lowest BCUT2D eigenvalue weighted by Crippen LogP contribution is -2.38. The zero-order valence-electron chi connectivity index (χ0n) is 13.9. The Morgan fingerprint density at radius 2 is 1.96 bits per heavy atom. The maximum absolute atomic E-state index is 12.6. The average molecular weight is 324 g/mol. The minimum atomic E-state index is 0.127. The van der Waals surface area contributed by atoms with Crippen LogP contribution in [-0.4, -0.2) is 28.9 Å². The lowest BCUT2D eigenvalue weighted by atomic mass is 9.98. The lowest BCUT2D eigenvalue weighted by Gasteiger charge is -2.35. The number of nitrogens with zero attached hydrogens (tertiary/aromatic N) is 2. The Hall–Kier alpha value is -2.36. The van der Waals surface area contributed by atoms with Crippen molar-refractivity contribution in [3.05, 3.63) is 60.4 Å². The van der Waals surface area contributed by atoms with Crippen molar-refractivity contribution in [1.82, 2.24) is 9.88 Å². The van der Waals surface area contributed by atoms with Gasteiger partial charge >= 0.3 is 0 Å². The number of likely N-dealkylation sites (tertiary alicyclic amines) is 1. The fourth-order valence-corrected chi connectivity index (χ4v) is 3.18. The number of carbonyl (C=O) groups is 1. The molecular formula is C20H24N2O2. The van der Waals surface area contributed by atoms with Crippen LogP contribution in [-0.2, 0) is 4.79 Å². The predicted molar refractivity (Wildman–Crippen MR) is 93.7 cm³/mol. The number of rotatable bonds is 6. The van der Waals surface area contributed by atoms with E-state index in [0.717, 1.165) is 43.7 Å². The minimum absolute atomic E-state index is 0.127. The quantitative estimate of drug-likeness (QED) is 0.754. The van der Waals surface area contributed by atoms with Crippen molar-refractivity contribution in [3.8, 4) is 5.75 Å². The van der Waals surface area contributed by atoms with Gasteiger partial charge in [-0.3, -0.25) is 9.78 Å². The third kappa shape index (κ3) is 4.34. The fourth-order valence-electron chi connectivity index (χ4n) is 3.18. The van der Waals surface area contributed by atoms with Crippen LogP contribution < -0.4 is 4.74 Å². The Morgan fingerprint density at radius 3 is 2.75 bits per heavy atom. The van der Waals surface area contributed by atoms with Gasteiger partial charge in [0, 0.05) is 19.2 Å². The number of aromatic nitrogens is 1. The second kappa shape index (κ2) is 8.48. The summed E-state index contributed by atoms with van der Waals surface area (Å²) >= 11 is 0. The first kappa shape index (κ1) is 16.5. The molecule has 1 saturated heterocycles. The van der Waals surface area contributed by atoms with Crippen molar-refractivity contribution in [2.45, 2.75) is 38.1 Å². The summed E-state index contributed by atoms with van der Waals surface area (Å²) in [6, 6.07) is 15.8. The fraction of sp³-hybridized carbons (Fsp3) is 0.400. The number of benzene rings is 1. The van der Waals surface area contributed by atoms with E-state index in [-0.39, 0.29) is 11.9 Å². The van der Waals surface area contributed by atoms with Gasteiger partial charge in [0.15, 0.2) is 0 Å². The molecule has 1 atom stereocenters. The van der Waals surface area contributed by atoms with Gasteiger partial charge in [0.2, 0.25) is 5.91 Å². The molecule has 4 heteroatoms. The molecular weight excluding hydrogens is 300 g/mol. The topological polar surface area (TPSA) is 42.4 Å². The highest BCUT2D eigenvalue weighted by Crippen LogP contribution is 2.30. The molecule has 126 valence electrons. The third-order valence-electron chi connectivity index (χ3n) is 4.40. The SMILES string of the molecule is O=C(CCCOc1ccccc1)N1CCCC[C@@H]1c1ccccn1. The summed E-state index contributed by atoms with van der Waals surface area (Å²) in [5, 5.41) is 0. The highest BCUT2D eigenvalue weighted by atomic mass is 16.5. The van der Waals surface area contributed by atoms with E-state index in [4.69, 9.17) is 4.74 Å². The molecule has 0 radical (unpaired) electrons. The van der Waals surface area contributed by atoms with Gasteiger partial charge in [-0.15, -0.1) is 0 Å². The van der Waals surface area contributed by atoms with Crippen LogP contribution in [0.15, 0.2) is 54.7 Å². The third-order valence-corrected chi connectivity index (χ3v) is 4.40. The number of ether oxygens (including phenoxy) is 1. The largest absolute Gasteiger partial charge is 0.494 e. The summed E-state index contributed by atoms with van der Waals surface area (Å²) in [6.07, 6.45) is 6.30. The van der Waals surface area contributed by atoms with Gasteiger partial charge in [-0.2, -0.15) is 0 Å². The zero-order chi connectivity index (χ0) is 16.6. The molecule has 0 saturated carbocycles. The Morgan fingerprint density at radius 1 is 1.12 bits per heavy atom. The highest BCUT2D eigenvalue weighted by Gasteiger charge is 2.28. The van der Waals surface area contributed by atoms with E-state index < -0.39 is 0 Å². The Kier molecular flexibility index (Phi) is 5.83. The van der Waals surface area contributed by atoms with Crippen molar-refractivity contribution in [2.24, 2.45) is 0 Å². The Labute approximate surface area is 143 Å². The van der Waals surface area contributed by atoms with Crippen molar-refractivity contribution in [2.75, 3.05) is 13.2 Å². The normalized spacial score (nSPS) is 17.5. The van der Waals surface area contributed by atoms with Crippen LogP contribution in [0.25, 0.3) is 0 Å². The van der Waals surface area contributed by atoms with Crippen LogP contribution in [0.3, 0.4) is 0 Å². The van der Waals surface area contributed by atoms with Gasteiger partial charge in [0.1, 0.15) is 5.75 Å². The van der Waals surface area contributed by atoms with Gasteiger partial charge in [0.25, 0.3) is 0 Å². The lowest BCUT2D eigenvalue weighted by molar-refractivity contribution is -0.135. The molecule has 1 aliphatic rings. The van der Waals surface area contributed by atoms with Gasteiger partial charge in [0.05, 0.1) is 18.3 Å². The highest BCUT2D eigenvalue weighted by molar-refractivity contribution is 5.76. The summed E-state index contributed by atoms with van der Waals surface area (Å²) in [7, 11) is 0. The number of hydrogen-bond donors (Lipinski definition) is 0. The standard InChI is InChI=1S/C20H24N2O2/c23-20(13-8-16-24-17-9-2-1-3-10-17)22-15-7-5-12-19(22)18-11-4-6-14-21-18/h1-4,6,9-11,14,19H,5,7-8,12-13,15-16H2/t19-/m1/s1. The first-order valence-corrected chi connectivity index (χ1v) is 8.73. The van der Waals surface area contributed by atoms with Gasteiger partial charge in [-0.1, -0.05) is 24.3 Å². The van der Waals surface area contributed by atoms with Crippen LogP contribution in [0.5, 0.6) is 5.75 Å². The second-order valence-corrected chi connectivity index (χ2v) is 6.12. The Balaban J connectivity index is 1.51. The van der Waals surface area contributed by atoms with Crippen molar-refractivity contribution in [1.29, 1.82) is 0 Å². The van der Waals surface area contributed by atoms with E-state index in [0.29, 0.717) is 13.0 Å². The van der Waals surface area contributed by atoms with Crippen LogP contribution in [0.2, 0.25) is 0 Å². The van der Waals surface area contributed by atoms with E-state index in [1.165, 1.54) is 0 Å². The maximum Gasteiger partial charge on any atom is 0.223 e. The van der Waals surface area contributed by atoms with Crippen molar-refractivity contribution >= 4 is 5.91 Å². The van der Waals surface area contributed by atoms with E-state index in [9.17, 15) is 4.79 Å². The average Bonchev–Trinajstić information content (AvgIpc) is 2.66. The molecule has 0 N–H and O–H groups in total. The zero-order valence-corrected chi connectivity index (χ0v) is 13.9. The first-order chi connectivity index (χ1) is 11.8. The molecule has 2 aromatic rings. The summed E-state index contributed by atoms with van der Waals surface area (Å²) in [4.78, 5) is 19.1. The second-order valence-electron chi connectivity index (χ2n) is 6.12. The molecule has 1 amide bonds. The first-order valence-electron chi connectivity index (χ1n) is 8.73. The molecule has 3 rings (SSSR count). The van der Waals surface area contributed by atoms with Crippen LogP contribution in [0.1, 0.15) is 43.8 Å². The molecule has 24 heavy (non-hydrogen) atoms. The van der Waals surface area contributed by atoms with Gasteiger partial charge in [-0.25, -0.2) is 0 Å². The van der Waals surface area contributed by atoms with Crippen LogP contribution in [0, 0.1) is 0 Å². The number of amides is 1. The van der Waals surface area contributed by atoms with E-state index in [1.54, 1.807) is 6.20 Å². The number of pyridine rings is 1. The molecule has 4 nitrogen and oxygen atoms in total. The Bertz CT molecular complexity index is 631. The maximum atomic E-state index is 12.6. The number of piperidine rings is 1. The van der Waals surface area contributed by atoms with Crippen LogP contribution in [0.4, 0.5) is 0 Å². The van der Waals surface area contributed by atoms with Gasteiger partial charge < -0.3 is 9.64 Å². The van der Waals surface area contributed by atoms with E-state index >= 15 is 0 Å². The summed E-state index contributed by atoms with van der Waals surface area (Å²) in [6.45, 7) is 1.40. The van der Waals surface area contributed by atoms with Gasteiger partial charge in [-0.05, 0) is 49.9 Å². The minimum Gasteiger partial charge on any atom is -0.494 e. The van der Waals surface area contributed by atoms with E-state index in [2.05, 4.69) is 4.98 Å². The van der Waals surface area contributed by atoms with E-state index in [1.807, 2.05) is 53.4 Å². The predicted octanol–water partition coefficient (Wildman–Crippen LogP) is 3.99. The molecule has 1 aromatic heterocycles. The monoisotopic (exact) mass is 324 g/mol. The summed E-state index contributed by atoms with van der Waals surface area (Å²) < 4.78 is 5.67. The number of hydrogen-bond acceptors (Lipinski definition) is 3. The smallest absolute Gasteiger partial charge is 0.223 e. The molecule has 0 unspecified atom stereocenters.